The molecule has 0 atom stereocenters. The van der Waals surface area contributed by atoms with Gasteiger partial charge in [-0.3, -0.25) is 4.79 Å². The number of H-pyrrole nitrogens is 1. The molecule has 0 aliphatic rings. The zero-order chi connectivity index (χ0) is 14.0. The summed E-state index contributed by atoms with van der Waals surface area (Å²) >= 11 is 0. The fourth-order valence-corrected chi connectivity index (χ4v) is 2.02. The lowest BCUT2D eigenvalue weighted by atomic mass is 10.1. The number of benzene rings is 1. The molecule has 0 fully saturated rings. The van der Waals surface area contributed by atoms with Crippen LogP contribution in [0.2, 0.25) is 0 Å². The quantitative estimate of drug-likeness (QED) is 0.889. The van der Waals surface area contributed by atoms with Crippen molar-refractivity contribution in [2.24, 2.45) is 0 Å². The van der Waals surface area contributed by atoms with Gasteiger partial charge in [-0.2, -0.15) is 4.98 Å². The maximum absolute atomic E-state index is 11.9. The molecule has 0 saturated heterocycles. The molecule has 0 aliphatic heterocycles. The lowest BCUT2D eigenvalue weighted by Crippen LogP contribution is -2.18. The molecular formula is C15H18N2O2. The van der Waals surface area contributed by atoms with E-state index in [1.54, 1.807) is 0 Å². The topological polar surface area (TPSA) is 66.0 Å². The minimum atomic E-state index is -0.260. The van der Waals surface area contributed by atoms with Crippen molar-refractivity contribution in [3.63, 3.8) is 0 Å². The standard InChI is InChI=1S/C15H18N2O2/c1-9(2)13-14(18)16-12(17-15(13)19)8-11-6-4-10(3)5-7-11/h4-7,9H,8H2,1-3H3,(H2,16,17,18,19). The predicted molar refractivity (Wildman–Crippen MR) is 74.6 cm³/mol. The molecule has 1 aromatic heterocycles. The second-order valence-corrected chi connectivity index (χ2v) is 5.07. The maximum Gasteiger partial charge on any atom is 0.258 e. The van der Waals surface area contributed by atoms with Gasteiger partial charge in [0, 0.05) is 6.42 Å². The van der Waals surface area contributed by atoms with Crippen LogP contribution in [-0.4, -0.2) is 15.1 Å². The number of aryl methyl sites for hydroxylation is 1. The summed E-state index contributed by atoms with van der Waals surface area (Å²) < 4.78 is 0. The molecule has 0 saturated carbocycles. The third kappa shape index (κ3) is 3.02. The molecule has 0 radical (unpaired) electrons. The van der Waals surface area contributed by atoms with Crippen molar-refractivity contribution in [2.45, 2.75) is 33.1 Å². The SMILES string of the molecule is Cc1ccc(Cc2nc(O)c(C(C)C)c(=O)[nH]2)cc1. The first kappa shape index (κ1) is 13.3. The Morgan fingerprint density at radius 1 is 1.26 bits per heavy atom. The number of nitrogens with one attached hydrogen (secondary N) is 1. The fraction of sp³-hybridized carbons (Fsp3) is 0.333. The minimum absolute atomic E-state index is 0.0512. The van der Waals surface area contributed by atoms with Gasteiger partial charge in [0.2, 0.25) is 5.88 Å². The van der Waals surface area contributed by atoms with Crippen molar-refractivity contribution in [3.8, 4) is 5.88 Å². The number of hydrogen-bond acceptors (Lipinski definition) is 3. The van der Waals surface area contributed by atoms with Gasteiger partial charge in [0.05, 0.1) is 5.56 Å². The van der Waals surface area contributed by atoms with E-state index in [0.717, 1.165) is 5.56 Å². The highest BCUT2D eigenvalue weighted by atomic mass is 16.3. The van der Waals surface area contributed by atoms with Crippen LogP contribution in [0, 0.1) is 6.92 Å². The summed E-state index contributed by atoms with van der Waals surface area (Å²) in [4.78, 5) is 18.7. The van der Waals surface area contributed by atoms with E-state index in [4.69, 9.17) is 0 Å². The van der Waals surface area contributed by atoms with E-state index in [9.17, 15) is 9.90 Å². The zero-order valence-electron chi connectivity index (χ0n) is 11.4. The summed E-state index contributed by atoms with van der Waals surface area (Å²) in [5.74, 6) is 0.265. The highest BCUT2D eigenvalue weighted by Gasteiger charge is 2.14. The van der Waals surface area contributed by atoms with Crippen molar-refractivity contribution in [1.29, 1.82) is 0 Å². The maximum atomic E-state index is 11.9. The smallest absolute Gasteiger partial charge is 0.258 e. The number of aromatic hydroxyl groups is 1. The number of aromatic amines is 1. The van der Waals surface area contributed by atoms with Crippen molar-refractivity contribution in [1.82, 2.24) is 9.97 Å². The molecule has 4 nitrogen and oxygen atoms in total. The average molecular weight is 258 g/mol. The summed E-state index contributed by atoms with van der Waals surface area (Å²) in [6, 6.07) is 8.00. The molecular weight excluding hydrogens is 240 g/mol. The zero-order valence-corrected chi connectivity index (χ0v) is 11.4. The first-order valence-corrected chi connectivity index (χ1v) is 6.35. The van der Waals surface area contributed by atoms with Gasteiger partial charge in [0.25, 0.3) is 5.56 Å². The van der Waals surface area contributed by atoms with Crippen LogP contribution in [0.15, 0.2) is 29.1 Å². The first-order chi connectivity index (χ1) is 8.97. The lowest BCUT2D eigenvalue weighted by molar-refractivity contribution is 0.436. The molecule has 0 aliphatic carbocycles. The van der Waals surface area contributed by atoms with Gasteiger partial charge in [0.15, 0.2) is 0 Å². The third-order valence-electron chi connectivity index (χ3n) is 3.05. The van der Waals surface area contributed by atoms with Crippen LogP contribution >= 0.6 is 0 Å². The van der Waals surface area contributed by atoms with Crippen LogP contribution in [0.25, 0.3) is 0 Å². The Balaban J connectivity index is 2.32. The molecule has 1 aromatic carbocycles. The normalized spacial score (nSPS) is 10.9. The molecule has 0 unspecified atom stereocenters. The van der Waals surface area contributed by atoms with Gasteiger partial charge in [-0.05, 0) is 18.4 Å². The highest BCUT2D eigenvalue weighted by Crippen LogP contribution is 2.19. The van der Waals surface area contributed by atoms with E-state index < -0.39 is 0 Å². The summed E-state index contributed by atoms with van der Waals surface area (Å²) in [5, 5.41) is 9.83. The molecule has 2 N–H and O–H groups in total. The molecule has 0 amide bonds. The molecule has 2 rings (SSSR count). The van der Waals surface area contributed by atoms with E-state index in [1.165, 1.54) is 5.56 Å². The van der Waals surface area contributed by atoms with Crippen LogP contribution < -0.4 is 5.56 Å². The van der Waals surface area contributed by atoms with Crippen LogP contribution in [0.5, 0.6) is 5.88 Å². The Morgan fingerprint density at radius 3 is 2.42 bits per heavy atom. The lowest BCUT2D eigenvalue weighted by Gasteiger charge is -2.08. The Labute approximate surface area is 112 Å². The van der Waals surface area contributed by atoms with Crippen LogP contribution in [-0.2, 0) is 6.42 Å². The third-order valence-corrected chi connectivity index (χ3v) is 3.05. The van der Waals surface area contributed by atoms with Gasteiger partial charge >= 0.3 is 0 Å². The average Bonchev–Trinajstić information content (AvgIpc) is 2.30. The number of rotatable bonds is 3. The van der Waals surface area contributed by atoms with Gasteiger partial charge in [0.1, 0.15) is 5.82 Å². The number of aromatic nitrogens is 2. The van der Waals surface area contributed by atoms with E-state index in [-0.39, 0.29) is 17.4 Å². The summed E-state index contributed by atoms with van der Waals surface area (Å²) in [5.41, 5.74) is 2.31. The molecule has 2 aromatic rings. The Kier molecular flexibility index (Phi) is 3.69. The molecule has 0 bridgehead atoms. The highest BCUT2D eigenvalue weighted by molar-refractivity contribution is 5.28. The van der Waals surface area contributed by atoms with Gasteiger partial charge in [-0.1, -0.05) is 43.7 Å². The van der Waals surface area contributed by atoms with Crippen molar-refractivity contribution in [2.75, 3.05) is 0 Å². The van der Waals surface area contributed by atoms with Gasteiger partial charge in [-0.15, -0.1) is 0 Å². The van der Waals surface area contributed by atoms with Crippen molar-refractivity contribution < 1.29 is 5.11 Å². The predicted octanol–water partition coefficient (Wildman–Crippen LogP) is 2.50. The van der Waals surface area contributed by atoms with E-state index in [0.29, 0.717) is 17.8 Å². The largest absolute Gasteiger partial charge is 0.493 e. The Hall–Kier alpha value is -2.10. The second kappa shape index (κ2) is 5.26. The van der Waals surface area contributed by atoms with E-state index in [1.807, 2.05) is 45.0 Å². The van der Waals surface area contributed by atoms with Crippen LogP contribution in [0.4, 0.5) is 0 Å². The minimum Gasteiger partial charge on any atom is -0.493 e. The van der Waals surface area contributed by atoms with Gasteiger partial charge < -0.3 is 10.1 Å². The Bertz CT molecular complexity index is 628. The monoisotopic (exact) mass is 258 g/mol. The molecule has 100 valence electrons. The fourth-order valence-electron chi connectivity index (χ4n) is 2.02. The molecule has 1 heterocycles. The summed E-state index contributed by atoms with van der Waals surface area (Å²) in [6.45, 7) is 5.73. The number of nitrogens with zero attached hydrogens (tertiary/aromatic N) is 1. The molecule has 4 heteroatoms. The second-order valence-electron chi connectivity index (χ2n) is 5.07. The van der Waals surface area contributed by atoms with Crippen molar-refractivity contribution >= 4 is 0 Å². The van der Waals surface area contributed by atoms with Crippen LogP contribution in [0.3, 0.4) is 0 Å². The molecule has 19 heavy (non-hydrogen) atoms. The van der Waals surface area contributed by atoms with Crippen LogP contribution in [0.1, 0.15) is 42.3 Å². The van der Waals surface area contributed by atoms with Gasteiger partial charge in [-0.25, -0.2) is 0 Å². The van der Waals surface area contributed by atoms with E-state index >= 15 is 0 Å². The van der Waals surface area contributed by atoms with Crippen molar-refractivity contribution in [3.05, 3.63) is 57.1 Å². The summed E-state index contributed by atoms with van der Waals surface area (Å²) in [7, 11) is 0. The summed E-state index contributed by atoms with van der Waals surface area (Å²) in [6.07, 6.45) is 0.501. The van der Waals surface area contributed by atoms with E-state index in [2.05, 4.69) is 9.97 Å². The first-order valence-electron chi connectivity index (χ1n) is 6.35. The molecule has 0 spiro atoms. The Morgan fingerprint density at radius 2 is 1.89 bits per heavy atom. The number of hydrogen-bond donors (Lipinski definition) is 2.